The molecule has 1 amide bonds. The molecule has 0 saturated carbocycles. The molecule has 0 radical (unpaired) electrons. The first-order chi connectivity index (χ1) is 10.4. The highest BCUT2D eigenvalue weighted by Crippen LogP contribution is 2.44. The van der Waals surface area contributed by atoms with Crippen LogP contribution < -0.4 is 10.0 Å². The van der Waals surface area contributed by atoms with Crippen LogP contribution in [0, 0.1) is 0 Å². The van der Waals surface area contributed by atoms with Gasteiger partial charge in [-0.2, -0.15) is 0 Å². The SMILES string of the molecule is C=CC(=O)OCCNC(=O)OC1C2CC3C(O2)C1NS3(=O)=O. The molecule has 10 heteroatoms. The van der Waals surface area contributed by atoms with Gasteiger partial charge >= 0.3 is 12.1 Å². The fourth-order valence-electron chi connectivity index (χ4n) is 3.05. The maximum Gasteiger partial charge on any atom is 0.407 e. The lowest BCUT2D eigenvalue weighted by Crippen LogP contribution is -2.46. The monoisotopic (exact) mass is 332 g/mol. The van der Waals surface area contributed by atoms with Gasteiger partial charge in [-0.3, -0.25) is 0 Å². The van der Waals surface area contributed by atoms with Crippen LogP contribution in [0.25, 0.3) is 0 Å². The molecule has 0 aliphatic carbocycles. The van der Waals surface area contributed by atoms with Gasteiger partial charge in [0.2, 0.25) is 10.0 Å². The first-order valence-corrected chi connectivity index (χ1v) is 8.37. The van der Waals surface area contributed by atoms with E-state index in [4.69, 9.17) is 14.2 Å². The largest absolute Gasteiger partial charge is 0.461 e. The minimum atomic E-state index is -3.39. The quantitative estimate of drug-likeness (QED) is 0.363. The number of sulfonamides is 1. The van der Waals surface area contributed by atoms with Gasteiger partial charge in [0.15, 0.2) is 0 Å². The van der Waals surface area contributed by atoms with Gasteiger partial charge in [0.1, 0.15) is 18.0 Å². The van der Waals surface area contributed by atoms with Crippen molar-refractivity contribution < 1.29 is 32.2 Å². The van der Waals surface area contributed by atoms with Crippen molar-refractivity contribution >= 4 is 22.1 Å². The van der Waals surface area contributed by atoms with Crippen molar-refractivity contribution in [3.63, 3.8) is 0 Å². The Hall–Kier alpha value is -1.65. The fourth-order valence-corrected chi connectivity index (χ4v) is 4.90. The topological polar surface area (TPSA) is 120 Å². The number of hydrogen-bond acceptors (Lipinski definition) is 7. The fraction of sp³-hybridized carbons (Fsp3) is 0.667. The van der Waals surface area contributed by atoms with E-state index in [0.29, 0.717) is 6.42 Å². The molecule has 2 N–H and O–H groups in total. The maximum absolute atomic E-state index is 11.8. The molecule has 0 aromatic carbocycles. The highest BCUT2D eigenvalue weighted by atomic mass is 32.2. The summed E-state index contributed by atoms with van der Waals surface area (Å²) in [7, 11) is -3.39. The normalized spacial score (nSPS) is 36.8. The lowest BCUT2D eigenvalue weighted by Gasteiger charge is -2.22. The van der Waals surface area contributed by atoms with E-state index in [1.165, 1.54) is 0 Å². The number of fused-ring (bicyclic) bond motifs is 1. The summed E-state index contributed by atoms with van der Waals surface area (Å²) in [5.41, 5.74) is 0. The van der Waals surface area contributed by atoms with E-state index in [0.717, 1.165) is 6.08 Å². The van der Waals surface area contributed by atoms with E-state index < -0.39 is 51.7 Å². The third-order valence-electron chi connectivity index (χ3n) is 3.96. The average Bonchev–Trinajstić information content (AvgIpc) is 3.07. The Labute approximate surface area is 127 Å². The molecule has 22 heavy (non-hydrogen) atoms. The van der Waals surface area contributed by atoms with Crippen LogP contribution in [0.2, 0.25) is 0 Å². The van der Waals surface area contributed by atoms with Gasteiger partial charge < -0.3 is 19.5 Å². The smallest absolute Gasteiger partial charge is 0.407 e. The molecule has 5 unspecified atom stereocenters. The summed E-state index contributed by atoms with van der Waals surface area (Å²) < 4.78 is 41.6. The van der Waals surface area contributed by atoms with Crippen molar-refractivity contribution in [2.24, 2.45) is 0 Å². The molecule has 0 spiro atoms. The minimum absolute atomic E-state index is 0.00863. The Balaban J connectivity index is 1.47. The second-order valence-electron chi connectivity index (χ2n) is 5.27. The van der Waals surface area contributed by atoms with Crippen LogP contribution in [-0.4, -0.2) is 63.2 Å². The van der Waals surface area contributed by atoms with Crippen molar-refractivity contribution in [3.8, 4) is 0 Å². The summed E-state index contributed by atoms with van der Waals surface area (Å²) in [6.45, 7) is 3.32. The number of carbonyl (C=O) groups excluding carboxylic acids is 2. The van der Waals surface area contributed by atoms with Crippen LogP contribution in [0.1, 0.15) is 6.42 Å². The second-order valence-corrected chi connectivity index (χ2v) is 7.20. The second kappa shape index (κ2) is 5.52. The van der Waals surface area contributed by atoms with Crippen LogP contribution in [0.3, 0.4) is 0 Å². The van der Waals surface area contributed by atoms with Crippen molar-refractivity contribution in [3.05, 3.63) is 12.7 Å². The third kappa shape index (κ3) is 2.57. The number of rotatable bonds is 5. The van der Waals surface area contributed by atoms with Crippen LogP contribution in [0.5, 0.6) is 0 Å². The van der Waals surface area contributed by atoms with E-state index >= 15 is 0 Å². The number of esters is 1. The molecular formula is C12H16N2O7S. The van der Waals surface area contributed by atoms with Crippen molar-refractivity contribution in [1.29, 1.82) is 0 Å². The number of hydrogen-bond donors (Lipinski definition) is 2. The molecule has 3 aliphatic heterocycles. The van der Waals surface area contributed by atoms with Gasteiger partial charge in [0.25, 0.3) is 0 Å². The molecule has 3 fully saturated rings. The third-order valence-corrected chi connectivity index (χ3v) is 5.82. The summed E-state index contributed by atoms with van der Waals surface area (Å²) in [6.07, 6.45) is -0.873. The number of carbonyl (C=O) groups is 2. The molecular weight excluding hydrogens is 316 g/mol. The highest BCUT2D eigenvalue weighted by molar-refractivity contribution is 7.90. The Morgan fingerprint density at radius 2 is 2.23 bits per heavy atom. The Morgan fingerprint density at radius 3 is 2.95 bits per heavy atom. The molecule has 3 saturated heterocycles. The number of nitrogens with one attached hydrogen (secondary N) is 2. The average molecular weight is 332 g/mol. The van der Waals surface area contributed by atoms with E-state index in [1.54, 1.807) is 0 Å². The standard InChI is InChI=1S/C12H16N2O7S/c1-2-8(15)19-4-3-13-12(16)21-10-6-5-7-11(20-6)9(10)14-22(7,17)18/h2,6-7,9-11,14H,1,3-5H2,(H,13,16). The predicted octanol–water partition coefficient (Wildman–Crippen LogP) is -1.35. The van der Waals surface area contributed by atoms with Gasteiger partial charge in [-0.15, -0.1) is 0 Å². The lowest BCUT2D eigenvalue weighted by molar-refractivity contribution is -0.137. The summed E-state index contributed by atoms with van der Waals surface area (Å²) in [6, 6.07) is -0.530. The van der Waals surface area contributed by atoms with Gasteiger partial charge in [-0.05, 0) is 6.42 Å². The Bertz CT molecular complexity index is 605. The molecule has 3 heterocycles. The van der Waals surface area contributed by atoms with E-state index in [2.05, 4.69) is 16.6 Å². The minimum Gasteiger partial charge on any atom is -0.461 e. The van der Waals surface area contributed by atoms with E-state index in [9.17, 15) is 18.0 Å². The van der Waals surface area contributed by atoms with Crippen LogP contribution in [-0.2, 0) is 29.0 Å². The van der Waals surface area contributed by atoms with Crippen molar-refractivity contribution in [1.82, 2.24) is 10.0 Å². The van der Waals surface area contributed by atoms with Gasteiger partial charge in [-0.1, -0.05) is 6.58 Å². The summed E-state index contributed by atoms with van der Waals surface area (Å²) in [5, 5.41) is 1.87. The molecule has 9 nitrogen and oxygen atoms in total. The molecule has 5 atom stereocenters. The number of amides is 1. The predicted molar refractivity (Wildman–Crippen MR) is 72.3 cm³/mol. The maximum atomic E-state index is 11.8. The molecule has 3 aliphatic rings. The zero-order valence-electron chi connectivity index (χ0n) is 11.6. The van der Waals surface area contributed by atoms with Crippen LogP contribution in [0.15, 0.2) is 12.7 Å². The number of ether oxygens (including phenoxy) is 3. The zero-order chi connectivity index (χ0) is 15.9. The van der Waals surface area contributed by atoms with Crippen molar-refractivity contribution in [2.75, 3.05) is 13.2 Å². The highest BCUT2D eigenvalue weighted by Gasteiger charge is 2.65. The first kappa shape index (κ1) is 15.3. The summed E-state index contributed by atoms with van der Waals surface area (Å²) in [5.74, 6) is -0.580. The Morgan fingerprint density at radius 1 is 1.45 bits per heavy atom. The molecule has 122 valence electrons. The van der Waals surface area contributed by atoms with Gasteiger partial charge in [0.05, 0.1) is 24.8 Å². The van der Waals surface area contributed by atoms with Crippen LogP contribution >= 0.6 is 0 Å². The molecule has 3 rings (SSSR count). The molecule has 2 bridgehead atoms. The zero-order valence-corrected chi connectivity index (χ0v) is 12.4. The first-order valence-electron chi connectivity index (χ1n) is 6.82. The van der Waals surface area contributed by atoms with E-state index in [-0.39, 0.29) is 13.2 Å². The number of alkyl carbamates (subject to hydrolysis) is 1. The summed E-state index contributed by atoms with van der Waals surface area (Å²) in [4.78, 5) is 22.5. The van der Waals surface area contributed by atoms with E-state index in [1.807, 2.05) is 0 Å². The Kier molecular flexibility index (Phi) is 3.83. The lowest BCUT2D eigenvalue weighted by atomic mass is 9.93. The molecule has 0 aromatic heterocycles. The summed E-state index contributed by atoms with van der Waals surface area (Å²) >= 11 is 0. The van der Waals surface area contributed by atoms with Gasteiger partial charge in [0, 0.05) is 6.08 Å². The van der Waals surface area contributed by atoms with Gasteiger partial charge in [-0.25, -0.2) is 22.7 Å². The van der Waals surface area contributed by atoms with Crippen molar-refractivity contribution in [2.45, 2.75) is 36.0 Å². The van der Waals surface area contributed by atoms with Crippen LogP contribution in [0.4, 0.5) is 4.79 Å². The molecule has 0 aromatic rings.